The normalized spacial score (nSPS) is 12.5. The van der Waals surface area contributed by atoms with E-state index in [1.807, 2.05) is 6.92 Å². The minimum Gasteiger partial charge on any atom is -0.348 e. The summed E-state index contributed by atoms with van der Waals surface area (Å²) in [5.41, 5.74) is 0.0702. The molecule has 0 spiro atoms. The molecule has 1 unspecified atom stereocenters. The molecule has 1 amide bonds. The topological polar surface area (TPSA) is 32.3 Å². The lowest BCUT2D eigenvalue weighted by Crippen LogP contribution is -2.42. The number of hydrogen-bond acceptors (Lipinski definition) is 2. The number of halogens is 2. The van der Waals surface area contributed by atoms with E-state index in [0.717, 1.165) is 19.6 Å². The molecule has 0 aromatic heterocycles. The maximum atomic E-state index is 13.8. The van der Waals surface area contributed by atoms with E-state index >= 15 is 0 Å². The van der Waals surface area contributed by atoms with Gasteiger partial charge >= 0.3 is 0 Å². The largest absolute Gasteiger partial charge is 0.348 e. The molecule has 0 aliphatic heterocycles. The zero-order valence-corrected chi connectivity index (χ0v) is 13.1. The molecule has 0 heterocycles. The van der Waals surface area contributed by atoms with Gasteiger partial charge in [0, 0.05) is 12.6 Å². The van der Waals surface area contributed by atoms with E-state index in [4.69, 9.17) is 0 Å². The van der Waals surface area contributed by atoms with Gasteiger partial charge in [0.2, 0.25) is 0 Å². The second kappa shape index (κ2) is 7.60. The van der Waals surface area contributed by atoms with Crippen LogP contribution in [0.5, 0.6) is 0 Å². The SMILES string of the molecule is CCN(CC)CC(C)NC(=O)c1cccc(Br)c1F. The van der Waals surface area contributed by atoms with Gasteiger partial charge in [0.1, 0.15) is 5.82 Å². The highest BCUT2D eigenvalue weighted by Gasteiger charge is 2.16. The lowest BCUT2D eigenvalue weighted by molar-refractivity contribution is 0.0926. The summed E-state index contributed by atoms with van der Waals surface area (Å²) in [6, 6.07) is 4.69. The van der Waals surface area contributed by atoms with Crippen LogP contribution in [-0.2, 0) is 0 Å². The van der Waals surface area contributed by atoms with Gasteiger partial charge in [-0.2, -0.15) is 0 Å². The predicted molar refractivity (Wildman–Crippen MR) is 78.8 cm³/mol. The fourth-order valence-electron chi connectivity index (χ4n) is 1.90. The molecule has 0 aliphatic carbocycles. The summed E-state index contributed by atoms with van der Waals surface area (Å²) in [4.78, 5) is 14.2. The Balaban J connectivity index is 2.66. The summed E-state index contributed by atoms with van der Waals surface area (Å²) in [5, 5.41) is 2.82. The summed E-state index contributed by atoms with van der Waals surface area (Å²) in [6.07, 6.45) is 0. The van der Waals surface area contributed by atoms with E-state index in [9.17, 15) is 9.18 Å². The Hall–Kier alpha value is -0.940. The number of nitrogens with one attached hydrogen (secondary N) is 1. The van der Waals surface area contributed by atoms with E-state index in [1.54, 1.807) is 12.1 Å². The van der Waals surface area contributed by atoms with Crippen molar-refractivity contribution in [1.82, 2.24) is 10.2 Å². The first-order chi connectivity index (χ1) is 8.99. The van der Waals surface area contributed by atoms with Crippen molar-refractivity contribution >= 4 is 21.8 Å². The minimum absolute atomic E-state index is 0.0224. The summed E-state index contributed by atoms with van der Waals surface area (Å²) in [7, 11) is 0. The number of nitrogens with zero attached hydrogens (tertiary/aromatic N) is 1. The third-order valence-electron chi connectivity index (χ3n) is 3.00. The van der Waals surface area contributed by atoms with Gasteiger partial charge in [-0.25, -0.2) is 4.39 Å². The van der Waals surface area contributed by atoms with Gasteiger partial charge in [0.15, 0.2) is 0 Å². The van der Waals surface area contributed by atoms with Crippen molar-refractivity contribution < 1.29 is 9.18 Å². The Labute approximate surface area is 122 Å². The van der Waals surface area contributed by atoms with Gasteiger partial charge in [-0.3, -0.25) is 4.79 Å². The van der Waals surface area contributed by atoms with E-state index in [1.165, 1.54) is 6.07 Å². The van der Waals surface area contributed by atoms with Gasteiger partial charge < -0.3 is 10.2 Å². The summed E-state index contributed by atoms with van der Waals surface area (Å²) in [5.74, 6) is -0.895. The lowest BCUT2D eigenvalue weighted by atomic mass is 10.2. The highest BCUT2D eigenvalue weighted by Crippen LogP contribution is 2.18. The van der Waals surface area contributed by atoms with Crippen LogP contribution in [0.15, 0.2) is 22.7 Å². The Morgan fingerprint density at radius 1 is 1.42 bits per heavy atom. The van der Waals surface area contributed by atoms with Crippen molar-refractivity contribution in [2.75, 3.05) is 19.6 Å². The van der Waals surface area contributed by atoms with E-state index in [-0.39, 0.29) is 17.5 Å². The molecular formula is C14H20BrFN2O. The Kier molecular flexibility index (Phi) is 6.45. The van der Waals surface area contributed by atoms with E-state index in [0.29, 0.717) is 4.47 Å². The fraction of sp³-hybridized carbons (Fsp3) is 0.500. The summed E-state index contributed by atoms with van der Waals surface area (Å²) >= 11 is 3.08. The van der Waals surface area contributed by atoms with Crippen LogP contribution in [0.2, 0.25) is 0 Å². The fourth-order valence-corrected chi connectivity index (χ4v) is 2.26. The number of likely N-dealkylation sites (N-methyl/N-ethyl adjacent to an activating group) is 1. The van der Waals surface area contributed by atoms with Crippen LogP contribution < -0.4 is 5.32 Å². The molecule has 1 atom stereocenters. The molecule has 1 aromatic carbocycles. The van der Waals surface area contributed by atoms with Crippen molar-refractivity contribution in [2.24, 2.45) is 0 Å². The molecule has 0 saturated heterocycles. The highest BCUT2D eigenvalue weighted by molar-refractivity contribution is 9.10. The van der Waals surface area contributed by atoms with Gasteiger partial charge in [0.25, 0.3) is 5.91 Å². The van der Waals surface area contributed by atoms with Crippen LogP contribution in [0.3, 0.4) is 0 Å². The molecule has 1 N–H and O–H groups in total. The second-order valence-electron chi connectivity index (χ2n) is 4.46. The molecule has 0 fully saturated rings. The number of rotatable bonds is 6. The smallest absolute Gasteiger partial charge is 0.254 e. The van der Waals surface area contributed by atoms with Gasteiger partial charge in [-0.15, -0.1) is 0 Å². The van der Waals surface area contributed by atoms with Crippen LogP contribution in [0.1, 0.15) is 31.1 Å². The maximum Gasteiger partial charge on any atom is 0.254 e. The predicted octanol–water partition coefficient (Wildman–Crippen LogP) is 3.05. The first-order valence-electron chi connectivity index (χ1n) is 6.46. The van der Waals surface area contributed by atoms with Gasteiger partial charge in [-0.1, -0.05) is 19.9 Å². The Morgan fingerprint density at radius 3 is 2.63 bits per heavy atom. The zero-order chi connectivity index (χ0) is 14.4. The van der Waals surface area contributed by atoms with Gasteiger partial charge in [0.05, 0.1) is 10.0 Å². The summed E-state index contributed by atoms with van der Waals surface area (Å²) < 4.78 is 14.1. The van der Waals surface area contributed by atoms with Crippen molar-refractivity contribution in [3.8, 4) is 0 Å². The third kappa shape index (κ3) is 4.58. The molecule has 106 valence electrons. The third-order valence-corrected chi connectivity index (χ3v) is 3.61. The average molecular weight is 331 g/mol. The molecule has 0 bridgehead atoms. The standard InChI is InChI=1S/C14H20BrFN2O/c1-4-18(5-2)9-10(3)17-14(19)11-7-6-8-12(15)13(11)16/h6-8,10H,4-5,9H2,1-3H3,(H,17,19). The molecular weight excluding hydrogens is 311 g/mol. The number of carbonyl (C=O) groups is 1. The molecule has 0 saturated carbocycles. The molecule has 0 radical (unpaired) electrons. The average Bonchev–Trinajstić information content (AvgIpc) is 2.38. The molecule has 5 heteroatoms. The molecule has 1 aromatic rings. The van der Waals surface area contributed by atoms with Crippen molar-refractivity contribution in [3.05, 3.63) is 34.1 Å². The Bertz CT molecular complexity index is 435. The van der Waals surface area contributed by atoms with Crippen LogP contribution >= 0.6 is 15.9 Å². The minimum atomic E-state index is -0.518. The van der Waals surface area contributed by atoms with Crippen molar-refractivity contribution in [2.45, 2.75) is 26.8 Å². The summed E-state index contributed by atoms with van der Waals surface area (Å²) in [6.45, 7) is 8.70. The number of hydrogen-bond donors (Lipinski definition) is 1. The molecule has 3 nitrogen and oxygen atoms in total. The van der Waals surface area contributed by atoms with Crippen LogP contribution in [0, 0.1) is 5.82 Å². The second-order valence-corrected chi connectivity index (χ2v) is 5.32. The molecule has 19 heavy (non-hydrogen) atoms. The maximum absolute atomic E-state index is 13.8. The molecule has 1 rings (SSSR count). The van der Waals surface area contributed by atoms with E-state index in [2.05, 4.69) is 40.0 Å². The zero-order valence-electron chi connectivity index (χ0n) is 11.5. The van der Waals surface area contributed by atoms with Crippen molar-refractivity contribution in [3.63, 3.8) is 0 Å². The van der Waals surface area contributed by atoms with Crippen LogP contribution in [-0.4, -0.2) is 36.5 Å². The van der Waals surface area contributed by atoms with E-state index < -0.39 is 5.82 Å². The number of carbonyl (C=O) groups excluding carboxylic acids is 1. The lowest BCUT2D eigenvalue weighted by Gasteiger charge is -2.23. The number of amides is 1. The first kappa shape index (κ1) is 16.1. The Morgan fingerprint density at radius 2 is 2.05 bits per heavy atom. The first-order valence-corrected chi connectivity index (χ1v) is 7.26. The van der Waals surface area contributed by atoms with Crippen molar-refractivity contribution in [1.29, 1.82) is 0 Å². The quantitative estimate of drug-likeness (QED) is 0.869. The molecule has 0 aliphatic rings. The highest BCUT2D eigenvalue weighted by atomic mass is 79.9. The van der Waals surface area contributed by atoms with Crippen LogP contribution in [0.25, 0.3) is 0 Å². The monoisotopic (exact) mass is 330 g/mol. The number of benzene rings is 1. The van der Waals surface area contributed by atoms with Gasteiger partial charge in [-0.05, 0) is 48.1 Å². The van der Waals surface area contributed by atoms with Crippen LogP contribution in [0.4, 0.5) is 4.39 Å².